The van der Waals surface area contributed by atoms with Crippen LogP contribution < -0.4 is 14.8 Å². The van der Waals surface area contributed by atoms with Crippen molar-refractivity contribution in [2.75, 3.05) is 7.11 Å². The molecule has 1 aliphatic carbocycles. The number of benzene rings is 2. The fraction of sp³-hybridized carbons (Fsp3) is 0.200. The predicted molar refractivity (Wildman–Crippen MR) is 94.6 cm³/mol. The van der Waals surface area contributed by atoms with Crippen LogP contribution in [0.5, 0.6) is 11.5 Å². The van der Waals surface area contributed by atoms with Gasteiger partial charge in [-0.25, -0.2) is 4.79 Å². The molecule has 0 radical (unpaired) electrons. The molecule has 1 aliphatic rings. The first-order chi connectivity index (χ1) is 12.2. The lowest BCUT2D eigenvalue weighted by molar-refractivity contribution is -0.129. The molecule has 1 fully saturated rings. The fourth-order valence-electron chi connectivity index (χ4n) is 2.25. The van der Waals surface area contributed by atoms with Gasteiger partial charge in [-0.2, -0.15) is 0 Å². The molecule has 0 aromatic heterocycles. The molecule has 128 valence electrons. The molecule has 0 saturated heterocycles. The number of methoxy groups -OCH3 is 1. The van der Waals surface area contributed by atoms with Crippen LogP contribution in [0, 0.1) is 0 Å². The van der Waals surface area contributed by atoms with Gasteiger partial charge in [-0.3, -0.25) is 4.79 Å². The molecule has 1 N–H and O–H groups in total. The van der Waals surface area contributed by atoms with E-state index in [1.54, 1.807) is 54.6 Å². The molecule has 0 unspecified atom stereocenters. The van der Waals surface area contributed by atoms with Crippen LogP contribution in [0.1, 0.15) is 28.8 Å². The number of nitrogens with one attached hydrogen (secondary N) is 1. The summed E-state index contributed by atoms with van der Waals surface area (Å²) in [6, 6.07) is 14.3. The second-order valence-electron chi connectivity index (χ2n) is 5.78. The van der Waals surface area contributed by atoms with Crippen molar-refractivity contribution in [3.05, 3.63) is 65.7 Å². The minimum atomic E-state index is -0.500. The van der Waals surface area contributed by atoms with Crippen LogP contribution in [-0.2, 0) is 4.79 Å². The van der Waals surface area contributed by atoms with Crippen molar-refractivity contribution in [1.29, 1.82) is 0 Å². The Morgan fingerprint density at radius 3 is 2.36 bits per heavy atom. The zero-order valence-electron chi connectivity index (χ0n) is 13.9. The first-order valence-electron chi connectivity index (χ1n) is 8.09. The first-order valence-corrected chi connectivity index (χ1v) is 8.09. The third kappa shape index (κ3) is 4.70. The van der Waals surface area contributed by atoms with Gasteiger partial charge in [0.1, 0.15) is 0 Å². The number of rotatable bonds is 6. The van der Waals surface area contributed by atoms with E-state index in [0.29, 0.717) is 23.1 Å². The number of para-hydroxylation sites is 2. The zero-order chi connectivity index (χ0) is 17.6. The molecule has 0 atom stereocenters. The van der Waals surface area contributed by atoms with Crippen LogP contribution in [0.3, 0.4) is 0 Å². The summed E-state index contributed by atoms with van der Waals surface area (Å²) in [6.07, 6.45) is 5.09. The Labute approximate surface area is 146 Å². The number of hydrogen-bond donors (Lipinski definition) is 1. The standard InChI is InChI=1S/C20H19NO4/c1-24-17-4-2-3-5-18(17)25-19(22)13-8-14-6-9-15(10-7-14)20(23)21-16-11-12-16/h2-10,13,16H,11-12H2,1H3,(H,21,23)/b13-8+. The van der Waals surface area contributed by atoms with Crippen molar-refractivity contribution in [2.45, 2.75) is 18.9 Å². The van der Waals surface area contributed by atoms with Gasteiger partial charge in [0.25, 0.3) is 5.91 Å². The van der Waals surface area contributed by atoms with E-state index >= 15 is 0 Å². The highest BCUT2D eigenvalue weighted by Crippen LogP contribution is 2.26. The smallest absolute Gasteiger partial charge is 0.336 e. The number of esters is 1. The van der Waals surface area contributed by atoms with Gasteiger partial charge >= 0.3 is 5.97 Å². The molecule has 0 aliphatic heterocycles. The maximum absolute atomic E-state index is 11.9. The van der Waals surface area contributed by atoms with E-state index in [9.17, 15) is 9.59 Å². The van der Waals surface area contributed by atoms with Crippen LogP contribution in [-0.4, -0.2) is 25.0 Å². The summed E-state index contributed by atoms with van der Waals surface area (Å²) in [6.45, 7) is 0. The molecule has 1 saturated carbocycles. The molecule has 25 heavy (non-hydrogen) atoms. The van der Waals surface area contributed by atoms with Gasteiger partial charge in [-0.1, -0.05) is 24.3 Å². The molecule has 2 aromatic carbocycles. The molecule has 5 nitrogen and oxygen atoms in total. The Morgan fingerprint density at radius 2 is 1.72 bits per heavy atom. The van der Waals surface area contributed by atoms with Crippen LogP contribution in [0.25, 0.3) is 6.08 Å². The van der Waals surface area contributed by atoms with Crippen LogP contribution in [0.4, 0.5) is 0 Å². The average molecular weight is 337 g/mol. The second-order valence-corrected chi connectivity index (χ2v) is 5.78. The Bertz CT molecular complexity index is 792. The molecule has 1 amide bonds. The van der Waals surface area contributed by atoms with Crippen LogP contribution in [0.15, 0.2) is 54.6 Å². The number of hydrogen-bond acceptors (Lipinski definition) is 4. The van der Waals surface area contributed by atoms with Gasteiger partial charge in [0.05, 0.1) is 7.11 Å². The molecule has 5 heteroatoms. The zero-order valence-corrected chi connectivity index (χ0v) is 13.9. The third-order valence-electron chi connectivity index (χ3n) is 3.78. The fourth-order valence-corrected chi connectivity index (χ4v) is 2.25. The monoisotopic (exact) mass is 337 g/mol. The summed E-state index contributed by atoms with van der Waals surface area (Å²) in [4.78, 5) is 23.8. The van der Waals surface area contributed by atoms with E-state index in [4.69, 9.17) is 9.47 Å². The number of carbonyl (C=O) groups is 2. The summed E-state index contributed by atoms with van der Waals surface area (Å²) in [5.41, 5.74) is 1.42. The van der Waals surface area contributed by atoms with E-state index in [2.05, 4.69) is 5.32 Å². The second kappa shape index (κ2) is 7.66. The molecule has 0 heterocycles. The van der Waals surface area contributed by atoms with E-state index in [1.165, 1.54) is 13.2 Å². The van der Waals surface area contributed by atoms with Crippen LogP contribution >= 0.6 is 0 Å². The normalized spacial score (nSPS) is 13.5. The van der Waals surface area contributed by atoms with E-state index in [-0.39, 0.29) is 5.91 Å². The SMILES string of the molecule is COc1ccccc1OC(=O)/C=C/c1ccc(C(=O)NC2CC2)cc1. The van der Waals surface area contributed by atoms with Crippen molar-refractivity contribution in [3.63, 3.8) is 0 Å². The molecular weight excluding hydrogens is 318 g/mol. The average Bonchev–Trinajstić information content (AvgIpc) is 3.45. The van der Waals surface area contributed by atoms with Gasteiger partial charge in [-0.05, 0) is 48.7 Å². The topological polar surface area (TPSA) is 64.6 Å². The van der Waals surface area contributed by atoms with E-state index in [1.807, 2.05) is 0 Å². The van der Waals surface area contributed by atoms with Crippen molar-refractivity contribution < 1.29 is 19.1 Å². The molecule has 0 spiro atoms. The van der Waals surface area contributed by atoms with Crippen molar-refractivity contribution >= 4 is 18.0 Å². The van der Waals surface area contributed by atoms with Gasteiger partial charge < -0.3 is 14.8 Å². The summed E-state index contributed by atoms with van der Waals surface area (Å²) in [5.74, 6) is 0.302. The lowest BCUT2D eigenvalue weighted by atomic mass is 10.1. The van der Waals surface area contributed by atoms with Crippen molar-refractivity contribution in [1.82, 2.24) is 5.32 Å². The predicted octanol–water partition coefficient (Wildman–Crippen LogP) is 3.21. The Hall–Kier alpha value is -3.08. The summed E-state index contributed by atoms with van der Waals surface area (Å²) in [5, 5.41) is 2.94. The highest BCUT2D eigenvalue weighted by atomic mass is 16.6. The van der Waals surface area contributed by atoms with Crippen molar-refractivity contribution in [3.8, 4) is 11.5 Å². The molecule has 2 aromatic rings. The Kier molecular flexibility index (Phi) is 5.14. The minimum Gasteiger partial charge on any atom is -0.493 e. The quantitative estimate of drug-likeness (QED) is 0.499. The van der Waals surface area contributed by atoms with Gasteiger partial charge in [0.2, 0.25) is 0 Å². The number of carbonyl (C=O) groups excluding carboxylic acids is 2. The van der Waals surface area contributed by atoms with Crippen molar-refractivity contribution in [2.24, 2.45) is 0 Å². The maximum atomic E-state index is 11.9. The lowest BCUT2D eigenvalue weighted by Crippen LogP contribution is -2.25. The highest BCUT2D eigenvalue weighted by molar-refractivity contribution is 5.95. The van der Waals surface area contributed by atoms with Crippen LogP contribution in [0.2, 0.25) is 0 Å². The third-order valence-corrected chi connectivity index (χ3v) is 3.78. The maximum Gasteiger partial charge on any atom is 0.336 e. The lowest BCUT2D eigenvalue weighted by Gasteiger charge is -2.06. The minimum absolute atomic E-state index is 0.0615. The van der Waals surface area contributed by atoms with Gasteiger partial charge in [-0.15, -0.1) is 0 Å². The van der Waals surface area contributed by atoms with Gasteiger partial charge in [0, 0.05) is 17.7 Å². The van der Waals surface area contributed by atoms with E-state index in [0.717, 1.165) is 18.4 Å². The summed E-state index contributed by atoms with van der Waals surface area (Å²) < 4.78 is 10.4. The Balaban J connectivity index is 1.59. The van der Waals surface area contributed by atoms with E-state index < -0.39 is 5.97 Å². The molecular formula is C20H19NO4. The molecule has 3 rings (SSSR count). The summed E-state index contributed by atoms with van der Waals surface area (Å²) >= 11 is 0. The molecule has 0 bridgehead atoms. The largest absolute Gasteiger partial charge is 0.493 e. The first kappa shape index (κ1) is 16.8. The number of ether oxygens (including phenoxy) is 2. The van der Waals surface area contributed by atoms with Gasteiger partial charge in [0.15, 0.2) is 11.5 Å². The Morgan fingerprint density at radius 1 is 1.04 bits per heavy atom. The number of amides is 1. The highest BCUT2D eigenvalue weighted by Gasteiger charge is 2.23. The summed E-state index contributed by atoms with van der Waals surface area (Å²) in [7, 11) is 1.52.